The number of carbonyl (C=O) groups is 3. The number of esters is 1. The molecule has 1 heterocycles. The highest BCUT2D eigenvalue weighted by Crippen LogP contribution is 2.33. The van der Waals surface area contributed by atoms with E-state index in [1.54, 1.807) is 0 Å². The van der Waals surface area contributed by atoms with Gasteiger partial charge in [-0.05, 0) is 32.0 Å². The SMILES string of the molecule is COC(=O)C(CO)NC(=O)C1(NC(=O)c2cc([N+](=O)[O-])cc(C(F)(F)F)c2)CCNCC1. The van der Waals surface area contributed by atoms with Gasteiger partial charge in [-0.1, -0.05) is 0 Å². The summed E-state index contributed by atoms with van der Waals surface area (Å²) in [4.78, 5) is 47.3. The number of methoxy groups -OCH3 is 1. The molecule has 1 saturated heterocycles. The number of hydrogen-bond donors (Lipinski definition) is 4. The van der Waals surface area contributed by atoms with Crippen LogP contribution in [0.1, 0.15) is 28.8 Å². The molecular weight excluding hydrogens is 441 g/mol. The third-order valence-corrected chi connectivity index (χ3v) is 4.94. The number of carbonyl (C=O) groups excluding carboxylic acids is 3. The van der Waals surface area contributed by atoms with Crippen LogP contribution in [0.2, 0.25) is 0 Å². The Morgan fingerprint density at radius 2 is 1.91 bits per heavy atom. The summed E-state index contributed by atoms with van der Waals surface area (Å²) >= 11 is 0. The Bertz CT molecular complexity index is 901. The highest BCUT2D eigenvalue weighted by atomic mass is 19.4. The first kappa shape index (κ1) is 25.0. The minimum absolute atomic E-state index is 0.00491. The number of piperidine rings is 1. The lowest BCUT2D eigenvalue weighted by Gasteiger charge is -2.37. The molecule has 1 fully saturated rings. The number of non-ortho nitro benzene ring substituents is 1. The van der Waals surface area contributed by atoms with Crippen LogP contribution in [-0.4, -0.2) is 66.2 Å². The van der Waals surface area contributed by atoms with Gasteiger partial charge in [-0.2, -0.15) is 13.2 Å². The van der Waals surface area contributed by atoms with Gasteiger partial charge in [0.05, 0.1) is 24.2 Å². The van der Waals surface area contributed by atoms with E-state index in [2.05, 4.69) is 20.7 Å². The van der Waals surface area contributed by atoms with Crippen molar-refractivity contribution in [2.75, 3.05) is 26.8 Å². The number of benzene rings is 1. The van der Waals surface area contributed by atoms with E-state index < -0.39 is 63.9 Å². The molecular formula is C18H21F3N4O7. The van der Waals surface area contributed by atoms with Crippen LogP contribution < -0.4 is 16.0 Å². The molecule has 0 bridgehead atoms. The molecule has 14 heteroatoms. The average Bonchev–Trinajstić information content (AvgIpc) is 2.76. The van der Waals surface area contributed by atoms with Crippen molar-refractivity contribution in [2.24, 2.45) is 0 Å². The van der Waals surface area contributed by atoms with Crippen LogP contribution in [-0.2, 0) is 20.5 Å². The molecule has 0 spiro atoms. The molecule has 1 unspecified atom stereocenters. The smallest absolute Gasteiger partial charge is 0.416 e. The van der Waals surface area contributed by atoms with Crippen LogP contribution in [0.4, 0.5) is 18.9 Å². The third kappa shape index (κ3) is 5.70. The lowest BCUT2D eigenvalue weighted by molar-refractivity contribution is -0.385. The zero-order valence-corrected chi connectivity index (χ0v) is 16.8. The first-order valence-corrected chi connectivity index (χ1v) is 9.33. The number of nitrogens with zero attached hydrogens (tertiary/aromatic N) is 1. The van der Waals surface area contributed by atoms with E-state index in [9.17, 15) is 42.8 Å². The van der Waals surface area contributed by atoms with E-state index in [-0.39, 0.29) is 25.9 Å². The van der Waals surface area contributed by atoms with Gasteiger partial charge >= 0.3 is 12.1 Å². The lowest BCUT2D eigenvalue weighted by atomic mass is 9.86. The summed E-state index contributed by atoms with van der Waals surface area (Å²) < 4.78 is 43.9. The van der Waals surface area contributed by atoms with Crippen molar-refractivity contribution in [3.63, 3.8) is 0 Å². The van der Waals surface area contributed by atoms with Gasteiger partial charge in [0.2, 0.25) is 5.91 Å². The number of aliphatic hydroxyl groups is 1. The third-order valence-electron chi connectivity index (χ3n) is 4.94. The van der Waals surface area contributed by atoms with Gasteiger partial charge in [-0.15, -0.1) is 0 Å². The monoisotopic (exact) mass is 462 g/mol. The van der Waals surface area contributed by atoms with Gasteiger partial charge in [-0.3, -0.25) is 19.7 Å². The Morgan fingerprint density at radius 3 is 2.41 bits per heavy atom. The van der Waals surface area contributed by atoms with Crippen LogP contribution >= 0.6 is 0 Å². The molecule has 176 valence electrons. The zero-order chi connectivity index (χ0) is 24.1. The molecule has 2 rings (SSSR count). The first-order valence-electron chi connectivity index (χ1n) is 9.33. The number of amides is 2. The number of alkyl halides is 3. The lowest BCUT2D eigenvalue weighted by Crippen LogP contribution is -2.65. The quantitative estimate of drug-likeness (QED) is 0.252. The van der Waals surface area contributed by atoms with Crippen LogP contribution in [0.5, 0.6) is 0 Å². The van der Waals surface area contributed by atoms with Gasteiger partial charge in [0.25, 0.3) is 11.6 Å². The Kier molecular flexibility index (Phi) is 7.74. The second-order valence-corrected chi connectivity index (χ2v) is 7.04. The number of hydrogen-bond acceptors (Lipinski definition) is 8. The number of halogens is 3. The van der Waals surface area contributed by atoms with Crippen molar-refractivity contribution < 1.29 is 42.3 Å². The van der Waals surface area contributed by atoms with Gasteiger partial charge in [-0.25, -0.2) is 4.79 Å². The summed E-state index contributed by atoms with van der Waals surface area (Å²) in [5.74, 6) is -2.95. The van der Waals surface area contributed by atoms with Crippen molar-refractivity contribution in [1.82, 2.24) is 16.0 Å². The molecule has 1 aliphatic rings. The fraction of sp³-hybridized carbons (Fsp3) is 0.500. The molecule has 4 N–H and O–H groups in total. The molecule has 1 aromatic rings. The molecule has 0 aromatic heterocycles. The molecule has 1 atom stereocenters. The Hall–Kier alpha value is -3.26. The summed E-state index contributed by atoms with van der Waals surface area (Å²) in [6.45, 7) is -0.294. The van der Waals surface area contributed by atoms with Crippen molar-refractivity contribution in [3.8, 4) is 0 Å². The summed E-state index contributed by atoms with van der Waals surface area (Å²) in [6, 6.07) is -0.0143. The maximum absolute atomic E-state index is 13.1. The summed E-state index contributed by atoms with van der Waals surface area (Å²) in [5.41, 5.74) is -4.65. The number of nitrogens with one attached hydrogen (secondary N) is 3. The van der Waals surface area contributed by atoms with E-state index in [0.717, 1.165) is 7.11 Å². The van der Waals surface area contributed by atoms with E-state index in [1.807, 2.05) is 0 Å². The van der Waals surface area contributed by atoms with E-state index in [0.29, 0.717) is 18.2 Å². The molecule has 32 heavy (non-hydrogen) atoms. The molecule has 2 amide bonds. The molecule has 1 aromatic carbocycles. The number of aliphatic hydroxyl groups excluding tert-OH is 1. The van der Waals surface area contributed by atoms with E-state index >= 15 is 0 Å². The number of nitro benzene ring substituents is 1. The first-order chi connectivity index (χ1) is 14.9. The predicted octanol–water partition coefficient (Wildman–Crippen LogP) is 0.116. The standard InChI is InChI=1S/C18H21F3N4O7/c1-32-15(28)13(9-26)23-16(29)17(2-4-22-5-3-17)24-14(27)10-6-11(18(19,20)21)8-12(7-10)25(30)31/h6-8,13,22,26H,2-5,9H2,1H3,(H,23,29)(H,24,27). The summed E-state index contributed by atoms with van der Waals surface area (Å²) in [5, 5.41) is 27.9. The normalized spacial score (nSPS) is 16.5. The van der Waals surface area contributed by atoms with Crippen molar-refractivity contribution in [1.29, 1.82) is 0 Å². The predicted molar refractivity (Wildman–Crippen MR) is 101 cm³/mol. The van der Waals surface area contributed by atoms with Crippen molar-refractivity contribution >= 4 is 23.5 Å². The van der Waals surface area contributed by atoms with Gasteiger partial charge in [0.1, 0.15) is 5.54 Å². The van der Waals surface area contributed by atoms with Gasteiger partial charge in [0, 0.05) is 17.7 Å². The number of ether oxygens (including phenoxy) is 1. The van der Waals surface area contributed by atoms with Crippen LogP contribution in [0, 0.1) is 10.1 Å². The maximum Gasteiger partial charge on any atom is 0.416 e. The molecule has 1 aliphatic heterocycles. The van der Waals surface area contributed by atoms with E-state index in [4.69, 9.17) is 0 Å². The number of rotatable bonds is 7. The molecule has 0 aliphatic carbocycles. The van der Waals surface area contributed by atoms with Crippen molar-refractivity contribution in [3.05, 3.63) is 39.4 Å². The van der Waals surface area contributed by atoms with Crippen LogP contribution in [0.15, 0.2) is 18.2 Å². The summed E-state index contributed by atoms with van der Waals surface area (Å²) in [7, 11) is 1.04. The Morgan fingerprint density at radius 1 is 1.28 bits per heavy atom. The molecule has 0 radical (unpaired) electrons. The minimum atomic E-state index is -4.94. The van der Waals surface area contributed by atoms with Crippen LogP contribution in [0.3, 0.4) is 0 Å². The van der Waals surface area contributed by atoms with Crippen LogP contribution in [0.25, 0.3) is 0 Å². The Labute approximate surface area is 179 Å². The highest BCUT2D eigenvalue weighted by molar-refractivity contribution is 6.00. The topological polar surface area (TPSA) is 160 Å². The second-order valence-electron chi connectivity index (χ2n) is 7.04. The maximum atomic E-state index is 13.1. The summed E-state index contributed by atoms with van der Waals surface area (Å²) in [6.07, 6.45) is -4.93. The van der Waals surface area contributed by atoms with E-state index in [1.165, 1.54) is 0 Å². The fourth-order valence-electron chi connectivity index (χ4n) is 3.18. The van der Waals surface area contributed by atoms with Gasteiger partial charge in [0.15, 0.2) is 6.04 Å². The highest BCUT2D eigenvalue weighted by Gasteiger charge is 2.43. The number of nitro groups is 1. The van der Waals surface area contributed by atoms with Gasteiger partial charge < -0.3 is 25.8 Å². The fourth-order valence-corrected chi connectivity index (χ4v) is 3.18. The Balaban J connectivity index is 2.38. The van der Waals surface area contributed by atoms with Crippen molar-refractivity contribution in [2.45, 2.75) is 30.6 Å². The zero-order valence-electron chi connectivity index (χ0n) is 16.8. The second kappa shape index (κ2) is 9.91. The largest absolute Gasteiger partial charge is 0.467 e. The average molecular weight is 462 g/mol. The minimum Gasteiger partial charge on any atom is -0.467 e. The molecule has 11 nitrogen and oxygen atoms in total. The molecule has 0 saturated carbocycles.